The van der Waals surface area contributed by atoms with Gasteiger partial charge in [-0.25, -0.2) is 4.99 Å². The molecule has 4 nitrogen and oxygen atoms in total. The smallest absolute Gasteiger partial charge is 0.156 e. The van der Waals surface area contributed by atoms with E-state index in [-0.39, 0.29) is 6.10 Å². The summed E-state index contributed by atoms with van der Waals surface area (Å²) in [5.41, 5.74) is 1.86. The lowest BCUT2D eigenvalue weighted by Gasteiger charge is -2.15. The van der Waals surface area contributed by atoms with E-state index in [1.54, 1.807) is 0 Å². The van der Waals surface area contributed by atoms with Crippen LogP contribution < -0.4 is 24.8 Å². The van der Waals surface area contributed by atoms with Crippen molar-refractivity contribution in [2.45, 2.75) is 26.6 Å². The Morgan fingerprint density at radius 2 is 1.70 bits per heavy atom. The van der Waals surface area contributed by atoms with Gasteiger partial charge in [-0.15, -0.1) is 0 Å². The van der Waals surface area contributed by atoms with Gasteiger partial charge in [-0.05, 0) is 61.0 Å². The molecule has 0 unspecified atom stereocenters. The zero-order chi connectivity index (χ0) is 18.8. The average Bonchev–Trinajstić information content (AvgIpc) is 2.65. The molecule has 0 radical (unpaired) electrons. The highest BCUT2D eigenvalue weighted by atomic mass is 16.5. The Morgan fingerprint density at radius 3 is 2.48 bits per heavy atom. The summed E-state index contributed by atoms with van der Waals surface area (Å²) in [6.07, 6.45) is 0.165. The monoisotopic (exact) mass is 359 g/mol. The van der Waals surface area contributed by atoms with E-state index in [4.69, 9.17) is 14.2 Å². The Labute approximate surface area is 158 Å². The van der Waals surface area contributed by atoms with Crippen LogP contribution in [0.5, 0.6) is 23.0 Å². The van der Waals surface area contributed by atoms with Crippen LogP contribution in [-0.4, -0.2) is 6.10 Å². The first-order chi connectivity index (χ1) is 13.1. The van der Waals surface area contributed by atoms with Crippen LogP contribution in [0, 0.1) is 0 Å². The minimum atomic E-state index is 0.165. The van der Waals surface area contributed by atoms with Gasteiger partial charge >= 0.3 is 0 Å². The zero-order valence-corrected chi connectivity index (χ0v) is 15.4. The fourth-order valence-corrected chi connectivity index (χ4v) is 2.84. The van der Waals surface area contributed by atoms with Gasteiger partial charge in [0.05, 0.1) is 6.10 Å². The number of hydrogen-bond donors (Lipinski definition) is 0. The van der Waals surface area contributed by atoms with Crippen LogP contribution in [0.4, 0.5) is 5.69 Å². The van der Waals surface area contributed by atoms with Gasteiger partial charge in [-0.1, -0.05) is 24.8 Å². The van der Waals surface area contributed by atoms with E-state index in [0.717, 1.165) is 33.3 Å². The van der Waals surface area contributed by atoms with Crippen LogP contribution in [0.25, 0.3) is 6.58 Å². The van der Waals surface area contributed by atoms with Crippen LogP contribution in [-0.2, 0) is 6.61 Å². The fraction of sp³-hybridized carbons (Fsp3) is 0.174. The molecule has 0 atom stereocenters. The first-order valence-corrected chi connectivity index (χ1v) is 8.95. The van der Waals surface area contributed by atoms with E-state index >= 15 is 0 Å². The zero-order valence-electron chi connectivity index (χ0n) is 15.4. The summed E-state index contributed by atoms with van der Waals surface area (Å²) in [5, 5.41) is 1.71. The molecule has 0 aliphatic carbocycles. The molecule has 0 N–H and O–H groups in total. The van der Waals surface area contributed by atoms with E-state index in [1.165, 1.54) is 0 Å². The molecule has 4 rings (SSSR count). The molecule has 0 saturated heterocycles. The highest BCUT2D eigenvalue weighted by molar-refractivity contribution is 5.58. The Kier molecular flexibility index (Phi) is 4.55. The van der Waals surface area contributed by atoms with Gasteiger partial charge in [0.2, 0.25) is 0 Å². The molecule has 0 aromatic heterocycles. The molecule has 3 aromatic carbocycles. The fourth-order valence-electron chi connectivity index (χ4n) is 2.84. The third kappa shape index (κ3) is 3.95. The minimum Gasteiger partial charge on any atom is -0.491 e. The maximum atomic E-state index is 5.97. The van der Waals surface area contributed by atoms with Gasteiger partial charge in [-0.2, -0.15) is 0 Å². The van der Waals surface area contributed by atoms with Gasteiger partial charge in [-0.3, -0.25) is 0 Å². The predicted molar refractivity (Wildman–Crippen MR) is 105 cm³/mol. The van der Waals surface area contributed by atoms with Gasteiger partial charge < -0.3 is 14.2 Å². The molecule has 0 amide bonds. The highest BCUT2D eigenvalue weighted by Crippen LogP contribution is 2.36. The Bertz CT molecular complexity index is 1070. The third-order valence-electron chi connectivity index (χ3n) is 4.12. The quantitative estimate of drug-likeness (QED) is 0.526. The van der Waals surface area contributed by atoms with Crippen LogP contribution in [0.1, 0.15) is 19.4 Å². The lowest BCUT2D eigenvalue weighted by molar-refractivity contribution is 0.242. The summed E-state index contributed by atoms with van der Waals surface area (Å²) in [4.78, 5) is 4.62. The maximum Gasteiger partial charge on any atom is 0.156 e. The molecule has 4 heteroatoms. The summed E-state index contributed by atoms with van der Waals surface area (Å²) >= 11 is 0. The van der Waals surface area contributed by atoms with Crippen molar-refractivity contribution in [1.29, 1.82) is 0 Å². The van der Waals surface area contributed by atoms with E-state index in [0.29, 0.717) is 18.1 Å². The molecule has 0 fully saturated rings. The highest BCUT2D eigenvalue weighted by Gasteiger charge is 2.13. The Balaban J connectivity index is 1.47. The number of rotatable bonds is 5. The molecule has 3 aromatic rings. The van der Waals surface area contributed by atoms with Crippen molar-refractivity contribution in [3.8, 4) is 23.0 Å². The Hall–Kier alpha value is -3.27. The molecule has 0 spiro atoms. The summed E-state index contributed by atoms with van der Waals surface area (Å²) in [6, 6.07) is 19.3. The van der Waals surface area contributed by atoms with Crippen LogP contribution in [0.3, 0.4) is 0 Å². The van der Waals surface area contributed by atoms with Crippen LogP contribution in [0.15, 0.2) is 65.7 Å². The number of hydrogen-bond acceptors (Lipinski definition) is 4. The van der Waals surface area contributed by atoms with E-state index in [2.05, 4.69) is 11.6 Å². The van der Waals surface area contributed by atoms with Gasteiger partial charge in [0.15, 0.2) is 11.5 Å². The van der Waals surface area contributed by atoms with Crippen molar-refractivity contribution >= 4 is 12.3 Å². The van der Waals surface area contributed by atoms with E-state index in [9.17, 15) is 0 Å². The molecule has 0 bridgehead atoms. The molecule has 136 valence electrons. The Morgan fingerprint density at radius 1 is 0.926 bits per heavy atom. The molecular weight excluding hydrogens is 338 g/mol. The number of fused-ring (bicyclic) bond motifs is 2. The molecule has 27 heavy (non-hydrogen) atoms. The first-order valence-electron chi connectivity index (χ1n) is 8.95. The summed E-state index contributed by atoms with van der Waals surface area (Å²) in [7, 11) is 0. The summed E-state index contributed by atoms with van der Waals surface area (Å²) in [5.74, 6) is 3.00. The lowest BCUT2D eigenvalue weighted by Crippen LogP contribution is -2.13. The summed E-state index contributed by atoms with van der Waals surface area (Å²) in [6.45, 7) is 8.42. The van der Waals surface area contributed by atoms with Crippen molar-refractivity contribution in [2.75, 3.05) is 0 Å². The third-order valence-corrected chi connectivity index (χ3v) is 4.12. The second-order valence-corrected chi connectivity index (χ2v) is 6.74. The van der Waals surface area contributed by atoms with E-state index < -0.39 is 0 Å². The second kappa shape index (κ2) is 7.16. The van der Waals surface area contributed by atoms with E-state index in [1.807, 2.05) is 74.5 Å². The normalized spacial score (nSPS) is 11.8. The largest absolute Gasteiger partial charge is 0.491 e. The second-order valence-electron chi connectivity index (χ2n) is 6.74. The average molecular weight is 359 g/mol. The predicted octanol–water partition coefficient (Wildman–Crippen LogP) is 4.52. The SMILES string of the molecule is C=c1ccc2c(c1)Oc1cc(OCc3ccc(OC(C)C)cc3)ccc1N=2. The van der Waals surface area contributed by atoms with Crippen molar-refractivity contribution < 1.29 is 14.2 Å². The lowest BCUT2D eigenvalue weighted by atomic mass is 10.2. The number of benzene rings is 3. The van der Waals surface area contributed by atoms with Crippen molar-refractivity contribution in [3.63, 3.8) is 0 Å². The van der Waals surface area contributed by atoms with Gasteiger partial charge in [0, 0.05) is 6.07 Å². The molecule has 1 aliphatic heterocycles. The van der Waals surface area contributed by atoms with Gasteiger partial charge in [0.1, 0.15) is 29.2 Å². The number of ether oxygens (including phenoxy) is 3. The molecule has 1 heterocycles. The van der Waals surface area contributed by atoms with Crippen LogP contribution in [0.2, 0.25) is 0 Å². The summed E-state index contributed by atoms with van der Waals surface area (Å²) < 4.78 is 17.5. The minimum absolute atomic E-state index is 0.165. The van der Waals surface area contributed by atoms with Crippen molar-refractivity contribution in [1.82, 2.24) is 0 Å². The standard InChI is InChI=1S/C23H21NO3/c1-15(2)26-18-7-5-17(6-8-18)14-25-19-9-11-21-23(13-19)27-22-12-16(3)4-10-20(22)24-21/h4-13,15H,3,14H2,1-2H3. The van der Waals surface area contributed by atoms with Crippen molar-refractivity contribution in [3.05, 3.63) is 76.8 Å². The topological polar surface area (TPSA) is 40.0 Å². The van der Waals surface area contributed by atoms with Gasteiger partial charge in [0.25, 0.3) is 0 Å². The van der Waals surface area contributed by atoms with Crippen LogP contribution >= 0.6 is 0 Å². The number of nitrogens with zero attached hydrogens (tertiary/aromatic N) is 1. The molecule has 1 aliphatic rings. The van der Waals surface area contributed by atoms with Crippen molar-refractivity contribution in [2.24, 2.45) is 4.99 Å². The first kappa shape index (κ1) is 17.2. The maximum absolute atomic E-state index is 5.97. The molecular formula is C23H21NO3. The molecule has 0 saturated carbocycles.